The molecule has 6 heteroatoms. The SMILES string of the molecule is CCCc1cc(NC(=O)c2ccc(Br)cc2OC)n[nH]1. The van der Waals surface area contributed by atoms with E-state index in [1.807, 2.05) is 6.07 Å². The largest absolute Gasteiger partial charge is 0.496 e. The van der Waals surface area contributed by atoms with Gasteiger partial charge < -0.3 is 10.1 Å². The van der Waals surface area contributed by atoms with Gasteiger partial charge in [-0.05, 0) is 24.6 Å². The molecule has 2 aromatic rings. The molecule has 1 heterocycles. The van der Waals surface area contributed by atoms with Crippen LogP contribution in [0.3, 0.4) is 0 Å². The molecule has 0 aliphatic heterocycles. The fourth-order valence-electron chi connectivity index (χ4n) is 1.86. The highest BCUT2D eigenvalue weighted by molar-refractivity contribution is 9.10. The summed E-state index contributed by atoms with van der Waals surface area (Å²) in [5, 5.41) is 9.72. The Bertz CT molecular complexity index is 610. The Labute approximate surface area is 125 Å². The molecule has 2 N–H and O–H groups in total. The Kier molecular flexibility index (Phi) is 4.79. The lowest BCUT2D eigenvalue weighted by Crippen LogP contribution is -2.13. The van der Waals surface area contributed by atoms with E-state index >= 15 is 0 Å². The number of hydrogen-bond acceptors (Lipinski definition) is 3. The maximum absolute atomic E-state index is 12.2. The van der Waals surface area contributed by atoms with Crippen molar-refractivity contribution in [3.8, 4) is 5.75 Å². The monoisotopic (exact) mass is 337 g/mol. The maximum Gasteiger partial charge on any atom is 0.260 e. The third kappa shape index (κ3) is 3.39. The Morgan fingerprint density at radius 3 is 2.95 bits per heavy atom. The fourth-order valence-corrected chi connectivity index (χ4v) is 2.20. The molecule has 0 aliphatic rings. The molecular weight excluding hydrogens is 322 g/mol. The number of amides is 1. The predicted molar refractivity (Wildman–Crippen MR) is 81.2 cm³/mol. The summed E-state index contributed by atoms with van der Waals surface area (Å²) >= 11 is 3.34. The number of aromatic nitrogens is 2. The van der Waals surface area contributed by atoms with E-state index in [-0.39, 0.29) is 5.91 Å². The molecule has 5 nitrogen and oxygen atoms in total. The first-order valence-corrected chi connectivity index (χ1v) is 7.12. The molecule has 0 unspecified atom stereocenters. The quantitative estimate of drug-likeness (QED) is 0.878. The second kappa shape index (κ2) is 6.56. The molecule has 0 bridgehead atoms. The molecule has 0 radical (unpaired) electrons. The van der Waals surface area contributed by atoms with Gasteiger partial charge in [0.2, 0.25) is 0 Å². The summed E-state index contributed by atoms with van der Waals surface area (Å²) in [6.07, 6.45) is 1.93. The summed E-state index contributed by atoms with van der Waals surface area (Å²) in [6.45, 7) is 2.09. The van der Waals surface area contributed by atoms with Crippen molar-refractivity contribution in [1.82, 2.24) is 10.2 Å². The highest BCUT2D eigenvalue weighted by Gasteiger charge is 2.14. The first-order valence-electron chi connectivity index (χ1n) is 6.33. The normalized spacial score (nSPS) is 10.3. The molecule has 0 saturated carbocycles. The average molecular weight is 338 g/mol. The molecule has 2 rings (SSSR count). The molecule has 0 saturated heterocycles. The number of carbonyl (C=O) groups is 1. The van der Waals surface area contributed by atoms with Gasteiger partial charge in [-0.2, -0.15) is 5.10 Å². The molecule has 0 atom stereocenters. The van der Waals surface area contributed by atoms with E-state index < -0.39 is 0 Å². The molecule has 0 fully saturated rings. The van der Waals surface area contributed by atoms with Crippen molar-refractivity contribution < 1.29 is 9.53 Å². The lowest BCUT2D eigenvalue weighted by molar-refractivity contribution is 0.102. The lowest BCUT2D eigenvalue weighted by Gasteiger charge is -2.08. The van der Waals surface area contributed by atoms with Crippen molar-refractivity contribution in [2.24, 2.45) is 0 Å². The van der Waals surface area contributed by atoms with Crippen LogP contribution in [0.5, 0.6) is 5.75 Å². The van der Waals surface area contributed by atoms with Crippen LogP contribution in [0.2, 0.25) is 0 Å². The summed E-state index contributed by atoms with van der Waals surface area (Å²) in [7, 11) is 1.53. The maximum atomic E-state index is 12.2. The van der Waals surface area contributed by atoms with Gasteiger partial charge in [0.25, 0.3) is 5.91 Å². The number of aryl methyl sites for hydroxylation is 1. The number of carbonyl (C=O) groups excluding carboxylic acids is 1. The zero-order chi connectivity index (χ0) is 14.5. The molecule has 0 spiro atoms. The molecule has 106 valence electrons. The minimum atomic E-state index is -0.246. The number of aromatic amines is 1. The average Bonchev–Trinajstić information content (AvgIpc) is 2.86. The summed E-state index contributed by atoms with van der Waals surface area (Å²) in [5.74, 6) is 0.786. The molecule has 20 heavy (non-hydrogen) atoms. The van der Waals surface area contributed by atoms with Crippen LogP contribution in [0.4, 0.5) is 5.82 Å². The Hall–Kier alpha value is -1.82. The van der Waals surface area contributed by atoms with Crippen LogP contribution in [-0.4, -0.2) is 23.2 Å². The third-order valence-electron chi connectivity index (χ3n) is 2.80. The number of anilines is 1. The van der Waals surface area contributed by atoms with Crippen LogP contribution in [0.1, 0.15) is 29.4 Å². The van der Waals surface area contributed by atoms with Crippen LogP contribution in [-0.2, 0) is 6.42 Å². The molecule has 1 amide bonds. The second-order valence-corrected chi connectivity index (χ2v) is 5.24. The van der Waals surface area contributed by atoms with Crippen LogP contribution in [0.25, 0.3) is 0 Å². The van der Waals surface area contributed by atoms with E-state index in [4.69, 9.17) is 4.74 Å². The van der Waals surface area contributed by atoms with Crippen molar-refractivity contribution in [1.29, 1.82) is 0 Å². The molecule has 1 aromatic carbocycles. The number of nitrogens with zero attached hydrogens (tertiary/aromatic N) is 1. The number of ether oxygens (including phenoxy) is 1. The zero-order valence-corrected chi connectivity index (χ0v) is 13.0. The van der Waals surface area contributed by atoms with Crippen LogP contribution < -0.4 is 10.1 Å². The molecular formula is C14H16BrN3O2. The smallest absolute Gasteiger partial charge is 0.260 e. The second-order valence-electron chi connectivity index (χ2n) is 4.33. The van der Waals surface area contributed by atoms with Crippen molar-refractivity contribution in [2.45, 2.75) is 19.8 Å². The lowest BCUT2D eigenvalue weighted by atomic mass is 10.2. The topological polar surface area (TPSA) is 67.0 Å². The summed E-state index contributed by atoms with van der Waals surface area (Å²) in [4.78, 5) is 12.2. The van der Waals surface area contributed by atoms with Gasteiger partial charge in [0.15, 0.2) is 5.82 Å². The van der Waals surface area contributed by atoms with Gasteiger partial charge in [0.1, 0.15) is 5.75 Å². The molecule has 0 aliphatic carbocycles. The molecule has 1 aromatic heterocycles. The fraction of sp³-hybridized carbons (Fsp3) is 0.286. The van der Waals surface area contributed by atoms with E-state index in [2.05, 4.69) is 38.4 Å². The predicted octanol–water partition coefficient (Wildman–Crippen LogP) is 3.39. The number of halogens is 1. The summed E-state index contributed by atoms with van der Waals surface area (Å²) in [5.41, 5.74) is 1.47. The van der Waals surface area contributed by atoms with Crippen molar-refractivity contribution in [3.05, 3.63) is 40.0 Å². The highest BCUT2D eigenvalue weighted by atomic mass is 79.9. The van der Waals surface area contributed by atoms with Crippen molar-refractivity contribution in [3.63, 3.8) is 0 Å². The summed E-state index contributed by atoms with van der Waals surface area (Å²) in [6, 6.07) is 7.09. The minimum Gasteiger partial charge on any atom is -0.496 e. The van der Waals surface area contributed by atoms with Gasteiger partial charge in [-0.1, -0.05) is 29.3 Å². The van der Waals surface area contributed by atoms with Crippen LogP contribution in [0.15, 0.2) is 28.7 Å². The number of rotatable bonds is 5. The standard InChI is InChI=1S/C14H16BrN3O2/c1-3-4-10-8-13(18-17-10)16-14(19)11-6-5-9(15)7-12(11)20-2/h5-8H,3-4H2,1-2H3,(H2,16,17,18,19). The number of methoxy groups -OCH3 is 1. The first kappa shape index (κ1) is 14.6. The van der Waals surface area contributed by atoms with E-state index in [1.54, 1.807) is 18.2 Å². The van der Waals surface area contributed by atoms with Gasteiger partial charge in [-0.15, -0.1) is 0 Å². The third-order valence-corrected chi connectivity index (χ3v) is 3.29. The number of benzene rings is 1. The first-order chi connectivity index (χ1) is 9.63. The van der Waals surface area contributed by atoms with Crippen molar-refractivity contribution in [2.75, 3.05) is 12.4 Å². The van der Waals surface area contributed by atoms with Gasteiger partial charge in [-0.25, -0.2) is 0 Å². The number of hydrogen-bond donors (Lipinski definition) is 2. The van der Waals surface area contributed by atoms with Crippen LogP contribution in [0, 0.1) is 0 Å². The van der Waals surface area contributed by atoms with Crippen LogP contribution >= 0.6 is 15.9 Å². The zero-order valence-electron chi connectivity index (χ0n) is 11.4. The van der Waals surface area contributed by atoms with Gasteiger partial charge >= 0.3 is 0 Å². The van der Waals surface area contributed by atoms with Crippen molar-refractivity contribution >= 4 is 27.7 Å². The van der Waals surface area contributed by atoms with Gasteiger partial charge in [-0.3, -0.25) is 9.89 Å². The summed E-state index contributed by atoms with van der Waals surface area (Å²) < 4.78 is 6.07. The number of nitrogens with one attached hydrogen (secondary N) is 2. The Morgan fingerprint density at radius 1 is 1.45 bits per heavy atom. The van der Waals surface area contributed by atoms with E-state index in [9.17, 15) is 4.79 Å². The van der Waals surface area contributed by atoms with E-state index in [0.717, 1.165) is 23.0 Å². The van der Waals surface area contributed by atoms with Gasteiger partial charge in [0.05, 0.1) is 12.7 Å². The van der Waals surface area contributed by atoms with E-state index in [1.165, 1.54) is 7.11 Å². The Morgan fingerprint density at radius 2 is 2.25 bits per heavy atom. The van der Waals surface area contributed by atoms with Gasteiger partial charge in [0, 0.05) is 16.2 Å². The Balaban J connectivity index is 2.15. The minimum absolute atomic E-state index is 0.246. The highest BCUT2D eigenvalue weighted by Crippen LogP contribution is 2.24. The number of H-pyrrole nitrogens is 1. The van der Waals surface area contributed by atoms with E-state index in [0.29, 0.717) is 17.1 Å².